The summed E-state index contributed by atoms with van der Waals surface area (Å²) >= 11 is 0. The van der Waals surface area contributed by atoms with Crippen LogP contribution in [0.15, 0.2) is 48.5 Å². The molecule has 0 saturated carbocycles. The monoisotopic (exact) mass is 326 g/mol. The van der Waals surface area contributed by atoms with Crippen molar-refractivity contribution in [1.29, 1.82) is 0 Å². The van der Waals surface area contributed by atoms with E-state index in [2.05, 4.69) is 5.32 Å². The molecule has 0 unspecified atom stereocenters. The van der Waals surface area contributed by atoms with E-state index in [-0.39, 0.29) is 24.0 Å². The highest BCUT2D eigenvalue weighted by molar-refractivity contribution is 5.97. The average molecular weight is 326 g/mol. The van der Waals surface area contributed by atoms with Gasteiger partial charge in [0.25, 0.3) is 5.91 Å². The van der Waals surface area contributed by atoms with Gasteiger partial charge < -0.3 is 15.3 Å². The fourth-order valence-electron chi connectivity index (χ4n) is 2.43. The van der Waals surface area contributed by atoms with Gasteiger partial charge in [0.15, 0.2) is 0 Å². The molecule has 0 aliphatic heterocycles. The number of benzene rings is 2. The third-order valence-electron chi connectivity index (χ3n) is 3.74. The normalized spacial score (nSPS) is 10.2. The molecule has 0 aliphatic carbocycles. The second-order valence-corrected chi connectivity index (χ2v) is 5.45. The molecule has 2 N–H and O–H groups in total. The molecule has 5 nitrogen and oxygen atoms in total. The predicted octanol–water partition coefficient (Wildman–Crippen LogP) is 3.06. The summed E-state index contributed by atoms with van der Waals surface area (Å²) in [5.74, 6) is -0.0514. The van der Waals surface area contributed by atoms with Crippen LogP contribution in [0.2, 0.25) is 0 Å². The van der Waals surface area contributed by atoms with Gasteiger partial charge in [-0.2, -0.15) is 0 Å². The number of carbonyl (C=O) groups is 2. The Morgan fingerprint density at radius 2 is 1.71 bits per heavy atom. The first kappa shape index (κ1) is 17.5. The van der Waals surface area contributed by atoms with Gasteiger partial charge in [-0.3, -0.25) is 9.59 Å². The maximum absolute atomic E-state index is 12.4. The Labute approximate surface area is 141 Å². The third-order valence-corrected chi connectivity index (χ3v) is 3.74. The molecule has 0 atom stereocenters. The zero-order chi connectivity index (χ0) is 17.5. The average Bonchev–Trinajstić information content (AvgIpc) is 2.58. The van der Waals surface area contributed by atoms with Crippen molar-refractivity contribution in [1.82, 2.24) is 4.90 Å². The lowest BCUT2D eigenvalue weighted by molar-refractivity contribution is -0.115. The standard InChI is InChI=1S/C19H22N2O3/c1-3-21(4-2)19(24)15-6-5-7-16(13-15)20-18(23)12-14-8-10-17(22)11-9-14/h5-11,13,22H,3-4,12H2,1-2H3,(H,20,23). The van der Waals surface area contributed by atoms with Crippen molar-refractivity contribution in [3.05, 3.63) is 59.7 Å². The Morgan fingerprint density at radius 1 is 1.04 bits per heavy atom. The molecule has 0 aromatic heterocycles. The summed E-state index contributed by atoms with van der Waals surface area (Å²) in [6, 6.07) is 13.5. The Bertz CT molecular complexity index is 707. The summed E-state index contributed by atoms with van der Waals surface area (Å²) in [4.78, 5) is 26.2. The lowest BCUT2D eigenvalue weighted by Gasteiger charge is -2.19. The predicted molar refractivity (Wildman–Crippen MR) is 94.1 cm³/mol. The van der Waals surface area contributed by atoms with Crippen molar-refractivity contribution in [3.63, 3.8) is 0 Å². The van der Waals surface area contributed by atoms with Crippen molar-refractivity contribution in [2.45, 2.75) is 20.3 Å². The molecule has 0 saturated heterocycles. The van der Waals surface area contributed by atoms with Crippen molar-refractivity contribution in [2.75, 3.05) is 18.4 Å². The molecule has 0 bridgehead atoms. The summed E-state index contributed by atoms with van der Waals surface area (Å²) in [5.41, 5.74) is 1.96. The lowest BCUT2D eigenvalue weighted by Crippen LogP contribution is -2.30. The van der Waals surface area contributed by atoms with Crippen LogP contribution in [0, 0.1) is 0 Å². The van der Waals surface area contributed by atoms with Crippen molar-refractivity contribution in [2.24, 2.45) is 0 Å². The van der Waals surface area contributed by atoms with E-state index in [1.54, 1.807) is 53.4 Å². The minimum atomic E-state index is -0.173. The van der Waals surface area contributed by atoms with E-state index < -0.39 is 0 Å². The van der Waals surface area contributed by atoms with Gasteiger partial charge in [-0.15, -0.1) is 0 Å². The second-order valence-electron chi connectivity index (χ2n) is 5.45. The van der Waals surface area contributed by atoms with E-state index in [0.717, 1.165) is 5.56 Å². The number of hydrogen-bond donors (Lipinski definition) is 2. The number of amides is 2. The zero-order valence-electron chi connectivity index (χ0n) is 14.0. The molecule has 0 heterocycles. The topological polar surface area (TPSA) is 69.6 Å². The lowest BCUT2D eigenvalue weighted by atomic mass is 10.1. The highest BCUT2D eigenvalue weighted by Crippen LogP contribution is 2.14. The molecule has 2 aromatic carbocycles. The quantitative estimate of drug-likeness (QED) is 0.857. The number of anilines is 1. The van der Waals surface area contributed by atoms with E-state index in [1.807, 2.05) is 13.8 Å². The van der Waals surface area contributed by atoms with Crippen LogP contribution in [0.3, 0.4) is 0 Å². The molecule has 2 amide bonds. The Hall–Kier alpha value is -2.82. The number of phenolic OH excluding ortho intramolecular Hbond substituents is 1. The largest absolute Gasteiger partial charge is 0.508 e. The van der Waals surface area contributed by atoms with Gasteiger partial charge in [-0.1, -0.05) is 18.2 Å². The highest BCUT2D eigenvalue weighted by Gasteiger charge is 2.13. The molecule has 2 rings (SSSR count). The molecular weight excluding hydrogens is 304 g/mol. The van der Waals surface area contributed by atoms with Gasteiger partial charge in [0.1, 0.15) is 5.75 Å². The summed E-state index contributed by atoms with van der Waals surface area (Å²) in [7, 11) is 0. The minimum Gasteiger partial charge on any atom is -0.508 e. The second kappa shape index (κ2) is 8.15. The maximum atomic E-state index is 12.4. The summed E-state index contributed by atoms with van der Waals surface area (Å²) in [5, 5.41) is 12.1. The number of nitrogens with zero attached hydrogens (tertiary/aromatic N) is 1. The summed E-state index contributed by atoms with van der Waals surface area (Å²) < 4.78 is 0. The van der Waals surface area contributed by atoms with Crippen molar-refractivity contribution < 1.29 is 14.7 Å². The molecule has 2 aromatic rings. The van der Waals surface area contributed by atoms with Crippen LogP contribution < -0.4 is 5.32 Å². The summed E-state index contributed by atoms with van der Waals surface area (Å²) in [6.45, 7) is 5.16. The van der Waals surface area contributed by atoms with Crippen LogP contribution in [0.25, 0.3) is 0 Å². The fraction of sp³-hybridized carbons (Fsp3) is 0.263. The molecule has 126 valence electrons. The number of hydrogen-bond acceptors (Lipinski definition) is 3. The number of aromatic hydroxyl groups is 1. The Balaban J connectivity index is 2.04. The highest BCUT2D eigenvalue weighted by atomic mass is 16.3. The molecular formula is C19H22N2O3. The van der Waals surface area contributed by atoms with Gasteiger partial charge in [0, 0.05) is 24.3 Å². The molecule has 0 fully saturated rings. The molecule has 24 heavy (non-hydrogen) atoms. The van der Waals surface area contributed by atoms with Gasteiger partial charge in [-0.25, -0.2) is 0 Å². The van der Waals surface area contributed by atoms with Gasteiger partial charge in [-0.05, 0) is 49.7 Å². The smallest absolute Gasteiger partial charge is 0.253 e. The maximum Gasteiger partial charge on any atom is 0.253 e. The molecule has 5 heteroatoms. The van der Waals surface area contributed by atoms with E-state index in [4.69, 9.17) is 0 Å². The van der Waals surface area contributed by atoms with E-state index in [0.29, 0.717) is 24.3 Å². The van der Waals surface area contributed by atoms with E-state index in [1.165, 1.54) is 0 Å². The van der Waals surface area contributed by atoms with E-state index >= 15 is 0 Å². The molecule has 0 aliphatic rings. The summed E-state index contributed by atoms with van der Waals surface area (Å²) in [6.07, 6.45) is 0.203. The Morgan fingerprint density at radius 3 is 2.33 bits per heavy atom. The van der Waals surface area contributed by atoms with Crippen LogP contribution in [0.5, 0.6) is 5.75 Å². The van der Waals surface area contributed by atoms with Crippen LogP contribution in [-0.4, -0.2) is 34.9 Å². The number of rotatable bonds is 6. The van der Waals surface area contributed by atoms with Crippen molar-refractivity contribution in [3.8, 4) is 5.75 Å². The van der Waals surface area contributed by atoms with Crippen LogP contribution in [-0.2, 0) is 11.2 Å². The minimum absolute atomic E-state index is 0.0466. The first-order valence-corrected chi connectivity index (χ1v) is 8.00. The first-order valence-electron chi connectivity index (χ1n) is 8.00. The number of nitrogens with one attached hydrogen (secondary N) is 1. The molecule has 0 spiro atoms. The van der Waals surface area contributed by atoms with Crippen LogP contribution in [0.4, 0.5) is 5.69 Å². The van der Waals surface area contributed by atoms with E-state index in [9.17, 15) is 14.7 Å². The third kappa shape index (κ3) is 4.59. The van der Waals surface area contributed by atoms with Gasteiger partial charge >= 0.3 is 0 Å². The van der Waals surface area contributed by atoms with Crippen LogP contribution >= 0.6 is 0 Å². The zero-order valence-corrected chi connectivity index (χ0v) is 14.0. The fourth-order valence-corrected chi connectivity index (χ4v) is 2.43. The van der Waals surface area contributed by atoms with Crippen molar-refractivity contribution >= 4 is 17.5 Å². The SMILES string of the molecule is CCN(CC)C(=O)c1cccc(NC(=O)Cc2ccc(O)cc2)c1. The van der Waals surface area contributed by atoms with Gasteiger partial charge in [0.05, 0.1) is 6.42 Å². The van der Waals surface area contributed by atoms with Gasteiger partial charge in [0.2, 0.25) is 5.91 Å². The first-order chi connectivity index (χ1) is 11.5. The molecule has 0 radical (unpaired) electrons. The number of phenols is 1. The Kier molecular flexibility index (Phi) is 5.95. The van der Waals surface area contributed by atoms with Crippen LogP contribution in [0.1, 0.15) is 29.8 Å². The number of carbonyl (C=O) groups excluding carboxylic acids is 2.